The average molecular weight is 294 g/mol. The molecule has 0 atom stereocenters. The number of nitrogens with one attached hydrogen (secondary N) is 1. The summed E-state index contributed by atoms with van der Waals surface area (Å²) >= 11 is 0. The molecule has 0 aliphatic carbocycles. The Labute approximate surface area is 131 Å². The Hall–Kier alpha value is -2.36. The summed E-state index contributed by atoms with van der Waals surface area (Å²) in [6.45, 7) is 6.84. The number of aromatic nitrogens is 2. The number of anilines is 2. The summed E-state index contributed by atoms with van der Waals surface area (Å²) in [7, 11) is 0. The van der Waals surface area contributed by atoms with Crippen LogP contribution in [0.15, 0.2) is 42.5 Å². The standard InChI is InChI=1S/C18H22N4/c1-3-16-12-18(21-14(2)20-16)19-13-15-6-8-17(9-7-15)22-10-4-5-11-22/h4-9,12H,3,10-11,13H2,1-2H3,(H,19,20,21). The Bertz CT molecular complexity index is 653. The molecular formula is C18H22N4. The second-order valence-corrected chi connectivity index (χ2v) is 5.54. The van der Waals surface area contributed by atoms with E-state index in [0.717, 1.165) is 43.4 Å². The van der Waals surface area contributed by atoms with Gasteiger partial charge in [-0.25, -0.2) is 9.97 Å². The Morgan fingerprint density at radius 3 is 2.50 bits per heavy atom. The fourth-order valence-electron chi connectivity index (χ4n) is 2.61. The molecule has 1 aromatic heterocycles. The van der Waals surface area contributed by atoms with Crippen molar-refractivity contribution in [1.82, 2.24) is 9.97 Å². The number of benzene rings is 1. The molecule has 1 aliphatic rings. The molecule has 0 saturated heterocycles. The Morgan fingerprint density at radius 1 is 1.09 bits per heavy atom. The zero-order valence-corrected chi connectivity index (χ0v) is 13.2. The smallest absolute Gasteiger partial charge is 0.130 e. The second-order valence-electron chi connectivity index (χ2n) is 5.54. The van der Waals surface area contributed by atoms with Gasteiger partial charge in [0, 0.05) is 37.1 Å². The summed E-state index contributed by atoms with van der Waals surface area (Å²) in [5.74, 6) is 1.72. The maximum absolute atomic E-state index is 4.44. The van der Waals surface area contributed by atoms with E-state index >= 15 is 0 Å². The van der Waals surface area contributed by atoms with E-state index < -0.39 is 0 Å². The first-order chi connectivity index (χ1) is 10.7. The van der Waals surface area contributed by atoms with E-state index in [2.05, 4.69) is 63.5 Å². The molecule has 1 N–H and O–H groups in total. The first-order valence-corrected chi connectivity index (χ1v) is 7.82. The summed E-state index contributed by atoms with van der Waals surface area (Å²) in [5, 5.41) is 3.39. The van der Waals surface area contributed by atoms with Gasteiger partial charge in [-0.1, -0.05) is 31.2 Å². The van der Waals surface area contributed by atoms with Gasteiger partial charge in [0.15, 0.2) is 0 Å². The van der Waals surface area contributed by atoms with Crippen LogP contribution in [-0.2, 0) is 13.0 Å². The monoisotopic (exact) mass is 294 g/mol. The van der Waals surface area contributed by atoms with Crippen molar-refractivity contribution in [3.05, 3.63) is 59.6 Å². The van der Waals surface area contributed by atoms with Crippen LogP contribution in [0.2, 0.25) is 0 Å². The predicted molar refractivity (Wildman–Crippen MR) is 91.3 cm³/mol. The van der Waals surface area contributed by atoms with E-state index in [1.807, 2.05) is 13.0 Å². The molecule has 0 amide bonds. The Morgan fingerprint density at radius 2 is 1.82 bits per heavy atom. The lowest BCUT2D eigenvalue weighted by Gasteiger charge is -2.18. The van der Waals surface area contributed by atoms with Crippen LogP contribution in [0.3, 0.4) is 0 Å². The quantitative estimate of drug-likeness (QED) is 0.859. The highest BCUT2D eigenvalue weighted by molar-refractivity contribution is 5.50. The molecule has 0 fully saturated rings. The molecule has 0 spiro atoms. The van der Waals surface area contributed by atoms with Crippen molar-refractivity contribution in [1.29, 1.82) is 0 Å². The van der Waals surface area contributed by atoms with Crippen LogP contribution in [0.1, 0.15) is 24.0 Å². The number of rotatable bonds is 5. The highest BCUT2D eigenvalue weighted by Crippen LogP contribution is 2.18. The van der Waals surface area contributed by atoms with Gasteiger partial charge in [-0.3, -0.25) is 0 Å². The maximum atomic E-state index is 4.44. The molecule has 0 saturated carbocycles. The van der Waals surface area contributed by atoms with Gasteiger partial charge in [0.05, 0.1) is 0 Å². The summed E-state index contributed by atoms with van der Waals surface area (Å²) in [4.78, 5) is 11.2. The number of hydrogen-bond donors (Lipinski definition) is 1. The van der Waals surface area contributed by atoms with Gasteiger partial charge in [0.2, 0.25) is 0 Å². The van der Waals surface area contributed by atoms with Crippen molar-refractivity contribution >= 4 is 11.5 Å². The van der Waals surface area contributed by atoms with Crippen molar-refractivity contribution in [3.63, 3.8) is 0 Å². The van der Waals surface area contributed by atoms with E-state index in [-0.39, 0.29) is 0 Å². The lowest BCUT2D eigenvalue weighted by atomic mass is 10.2. The van der Waals surface area contributed by atoms with Crippen LogP contribution in [0.5, 0.6) is 0 Å². The summed E-state index contributed by atoms with van der Waals surface area (Å²) in [5.41, 5.74) is 3.61. The minimum Gasteiger partial charge on any atom is -0.366 e. The molecule has 4 nitrogen and oxygen atoms in total. The highest BCUT2D eigenvalue weighted by atomic mass is 15.1. The first-order valence-electron chi connectivity index (χ1n) is 7.82. The minimum absolute atomic E-state index is 0.776. The third-order valence-corrected chi connectivity index (χ3v) is 3.85. The molecule has 0 unspecified atom stereocenters. The van der Waals surface area contributed by atoms with Gasteiger partial charge >= 0.3 is 0 Å². The predicted octanol–water partition coefficient (Wildman–Crippen LogP) is 3.34. The van der Waals surface area contributed by atoms with Crippen molar-refractivity contribution < 1.29 is 0 Å². The van der Waals surface area contributed by atoms with Crippen molar-refractivity contribution in [2.45, 2.75) is 26.8 Å². The molecule has 114 valence electrons. The molecule has 2 heterocycles. The van der Waals surface area contributed by atoms with Gasteiger partial charge in [0.1, 0.15) is 11.6 Å². The third kappa shape index (κ3) is 3.45. The topological polar surface area (TPSA) is 41.0 Å². The molecule has 1 aliphatic heterocycles. The number of nitrogens with zero attached hydrogens (tertiary/aromatic N) is 3. The molecule has 3 rings (SSSR count). The average Bonchev–Trinajstić information content (AvgIpc) is 3.07. The third-order valence-electron chi connectivity index (χ3n) is 3.85. The number of hydrogen-bond acceptors (Lipinski definition) is 4. The second kappa shape index (κ2) is 6.60. The number of aryl methyl sites for hydroxylation is 2. The Kier molecular flexibility index (Phi) is 4.37. The van der Waals surface area contributed by atoms with E-state index in [0.29, 0.717) is 0 Å². The van der Waals surface area contributed by atoms with Gasteiger partial charge < -0.3 is 10.2 Å². The van der Waals surface area contributed by atoms with Gasteiger partial charge in [0.25, 0.3) is 0 Å². The zero-order chi connectivity index (χ0) is 15.4. The molecule has 0 radical (unpaired) electrons. The normalized spacial score (nSPS) is 13.6. The van der Waals surface area contributed by atoms with Crippen LogP contribution in [-0.4, -0.2) is 23.1 Å². The van der Waals surface area contributed by atoms with Crippen LogP contribution in [0.25, 0.3) is 0 Å². The molecule has 1 aromatic carbocycles. The lowest BCUT2D eigenvalue weighted by Crippen LogP contribution is -2.18. The Balaban J connectivity index is 1.62. The SMILES string of the molecule is CCc1cc(NCc2ccc(N3CC=CC3)cc2)nc(C)n1. The van der Waals surface area contributed by atoms with Crippen LogP contribution >= 0.6 is 0 Å². The molecule has 4 heteroatoms. The molecular weight excluding hydrogens is 272 g/mol. The fraction of sp³-hybridized carbons (Fsp3) is 0.333. The summed E-state index contributed by atoms with van der Waals surface area (Å²) in [6, 6.07) is 10.8. The summed E-state index contributed by atoms with van der Waals surface area (Å²) in [6.07, 6.45) is 5.34. The van der Waals surface area contributed by atoms with Gasteiger partial charge in [-0.05, 0) is 31.0 Å². The van der Waals surface area contributed by atoms with Crippen molar-refractivity contribution in [3.8, 4) is 0 Å². The van der Waals surface area contributed by atoms with Crippen molar-refractivity contribution in [2.24, 2.45) is 0 Å². The molecule has 22 heavy (non-hydrogen) atoms. The largest absolute Gasteiger partial charge is 0.366 e. The minimum atomic E-state index is 0.776. The van der Waals surface area contributed by atoms with E-state index in [4.69, 9.17) is 0 Å². The maximum Gasteiger partial charge on any atom is 0.130 e. The lowest BCUT2D eigenvalue weighted by molar-refractivity contribution is 0.941. The van der Waals surface area contributed by atoms with E-state index in [1.54, 1.807) is 0 Å². The van der Waals surface area contributed by atoms with Crippen LogP contribution < -0.4 is 10.2 Å². The van der Waals surface area contributed by atoms with E-state index in [9.17, 15) is 0 Å². The van der Waals surface area contributed by atoms with E-state index in [1.165, 1.54) is 11.3 Å². The van der Waals surface area contributed by atoms with Gasteiger partial charge in [-0.2, -0.15) is 0 Å². The molecule has 0 bridgehead atoms. The van der Waals surface area contributed by atoms with Gasteiger partial charge in [-0.15, -0.1) is 0 Å². The summed E-state index contributed by atoms with van der Waals surface area (Å²) < 4.78 is 0. The zero-order valence-electron chi connectivity index (χ0n) is 13.2. The first kappa shape index (κ1) is 14.6. The van der Waals surface area contributed by atoms with Crippen LogP contribution in [0.4, 0.5) is 11.5 Å². The highest BCUT2D eigenvalue weighted by Gasteiger charge is 2.07. The van der Waals surface area contributed by atoms with Crippen LogP contribution in [0, 0.1) is 6.92 Å². The van der Waals surface area contributed by atoms with Crippen molar-refractivity contribution in [2.75, 3.05) is 23.3 Å². The fourth-order valence-corrected chi connectivity index (χ4v) is 2.61. The molecule has 2 aromatic rings.